The van der Waals surface area contributed by atoms with Gasteiger partial charge in [-0.15, -0.1) is 5.10 Å². The van der Waals surface area contributed by atoms with Gasteiger partial charge in [-0.1, -0.05) is 25.4 Å². The van der Waals surface area contributed by atoms with Crippen molar-refractivity contribution in [3.8, 4) is 11.5 Å². The predicted molar refractivity (Wildman–Crippen MR) is 120 cm³/mol. The van der Waals surface area contributed by atoms with E-state index in [9.17, 15) is 18.0 Å². The van der Waals surface area contributed by atoms with Gasteiger partial charge in [-0.2, -0.15) is 13.2 Å². The number of aliphatic carboxylic acids is 1. The molecule has 0 spiro atoms. The summed E-state index contributed by atoms with van der Waals surface area (Å²) in [6.07, 6.45) is -0.915. The summed E-state index contributed by atoms with van der Waals surface area (Å²) < 4.78 is 37.4. The Balaban J connectivity index is 0.000000509. The highest BCUT2D eigenvalue weighted by molar-refractivity contribution is 5.93. The minimum Gasteiger partial charge on any atom is -0.475 e. The van der Waals surface area contributed by atoms with Crippen molar-refractivity contribution in [2.75, 3.05) is 36.8 Å². The molecule has 2 aromatic rings. The van der Waals surface area contributed by atoms with E-state index in [-0.39, 0.29) is 11.8 Å². The zero-order chi connectivity index (χ0) is 25.1. The van der Waals surface area contributed by atoms with Gasteiger partial charge in [0.25, 0.3) is 0 Å². The summed E-state index contributed by atoms with van der Waals surface area (Å²) in [4.78, 5) is 23.3. The van der Waals surface area contributed by atoms with Gasteiger partial charge in [-0.25, -0.2) is 4.79 Å². The maximum absolute atomic E-state index is 12.0. The molecule has 9 nitrogen and oxygen atoms in total. The SMILES string of the molecule is CCN(CC)CCCNc1nnc(-c2ccc(NC(=O)C3CCC3)cc2)o1.O=C(O)C(F)(F)F. The van der Waals surface area contributed by atoms with E-state index in [0.717, 1.165) is 63.1 Å². The number of rotatable bonds is 10. The first-order valence-electron chi connectivity index (χ1n) is 11.1. The van der Waals surface area contributed by atoms with Gasteiger partial charge in [0.15, 0.2) is 0 Å². The molecule has 1 aliphatic carbocycles. The maximum atomic E-state index is 12.0. The molecule has 0 unspecified atom stereocenters. The van der Waals surface area contributed by atoms with Gasteiger partial charge >= 0.3 is 18.2 Å². The number of aromatic nitrogens is 2. The average molecular weight is 486 g/mol. The van der Waals surface area contributed by atoms with Crippen molar-refractivity contribution < 1.29 is 32.3 Å². The van der Waals surface area contributed by atoms with E-state index in [1.807, 2.05) is 24.3 Å². The summed E-state index contributed by atoms with van der Waals surface area (Å²) >= 11 is 0. The van der Waals surface area contributed by atoms with Crippen molar-refractivity contribution in [1.82, 2.24) is 15.1 Å². The Morgan fingerprint density at radius 1 is 1.15 bits per heavy atom. The summed E-state index contributed by atoms with van der Waals surface area (Å²) in [5, 5.41) is 21.4. The highest BCUT2D eigenvalue weighted by atomic mass is 19.4. The predicted octanol–water partition coefficient (Wildman–Crippen LogP) is 4.25. The van der Waals surface area contributed by atoms with Crippen LogP contribution in [0.5, 0.6) is 0 Å². The van der Waals surface area contributed by atoms with Crippen LogP contribution in [0.25, 0.3) is 11.5 Å². The number of nitrogens with one attached hydrogen (secondary N) is 2. The van der Waals surface area contributed by atoms with Crippen LogP contribution >= 0.6 is 0 Å². The monoisotopic (exact) mass is 485 g/mol. The number of nitrogens with zero attached hydrogens (tertiary/aromatic N) is 3. The molecule has 3 rings (SSSR count). The lowest BCUT2D eigenvalue weighted by Crippen LogP contribution is -2.27. The molecular weight excluding hydrogens is 455 g/mol. The van der Waals surface area contributed by atoms with Crippen LogP contribution in [0.1, 0.15) is 39.5 Å². The highest BCUT2D eigenvalue weighted by Crippen LogP contribution is 2.28. The summed E-state index contributed by atoms with van der Waals surface area (Å²) in [6, 6.07) is 7.94. The normalized spacial score (nSPS) is 13.6. The molecular formula is C22H30F3N5O4. The molecule has 12 heteroatoms. The van der Waals surface area contributed by atoms with Gasteiger partial charge in [0.1, 0.15) is 0 Å². The molecule has 0 atom stereocenters. The number of benzene rings is 1. The Hall–Kier alpha value is -3.15. The third-order valence-corrected chi connectivity index (χ3v) is 5.36. The molecule has 1 saturated carbocycles. The number of alkyl halides is 3. The largest absolute Gasteiger partial charge is 0.490 e. The number of halogens is 3. The van der Waals surface area contributed by atoms with Gasteiger partial charge in [0.2, 0.25) is 11.8 Å². The Bertz CT molecular complexity index is 910. The van der Waals surface area contributed by atoms with E-state index in [4.69, 9.17) is 14.3 Å². The molecule has 0 bridgehead atoms. The molecule has 3 N–H and O–H groups in total. The molecule has 0 aliphatic heterocycles. The molecule has 1 aliphatic rings. The Morgan fingerprint density at radius 2 is 1.76 bits per heavy atom. The molecule has 0 saturated heterocycles. The van der Waals surface area contributed by atoms with Gasteiger partial charge in [-0.3, -0.25) is 4.79 Å². The number of hydrogen-bond acceptors (Lipinski definition) is 7. The lowest BCUT2D eigenvalue weighted by molar-refractivity contribution is -0.192. The van der Waals surface area contributed by atoms with Crippen LogP contribution in [0, 0.1) is 5.92 Å². The number of hydrogen-bond donors (Lipinski definition) is 3. The van der Waals surface area contributed by atoms with Crippen molar-refractivity contribution in [3.63, 3.8) is 0 Å². The van der Waals surface area contributed by atoms with Crippen molar-refractivity contribution in [2.24, 2.45) is 5.92 Å². The first-order chi connectivity index (χ1) is 16.1. The van der Waals surface area contributed by atoms with Crippen molar-refractivity contribution >= 4 is 23.6 Å². The molecule has 0 radical (unpaired) electrons. The molecule has 1 heterocycles. The third kappa shape index (κ3) is 8.65. The summed E-state index contributed by atoms with van der Waals surface area (Å²) in [5.41, 5.74) is 1.63. The minimum absolute atomic E-state index is 0.114. The molecule has 1 amide bonds. The van der Waals surface area contributed by atoms with Crippen LogP contribution in [0.2, 0.25) is 0 Å². The fraction of sp³-hybridized carbons (Fsp3) is 0.545. The van der Waals surface area contributed by atoms with E-state index >= 15 is 0 Å². The van der Waals surface area contributed by atoms with Gasteiger partial charge in [0, 0.05) is 23.7 Å². The van der Waals surface area contributed by atoms with Crippen LogP contribution in [0.4, 0.5) is 24.9 Å². The van der Waals surface area contributed by atoms with Crippen LogP contribution < -0.4 is 10.6 Å². The number of carbonyl (C=O) groups is 2. The maximum Gasteiger partial charge on any atom is 0.490 e. The highest BCUT2D eigenvalue weighted by Gasteiger charge is 2.38. The fourth-order valence-electron chi connectivity index (χ4n) is 3.06. The average Bonchev–Trinajstić information content (AvgIpc) is 3.22. The quantitative estimate of drug-likeness (QED) is 0.427. The third-order valence-electron chi connectivity index (χ3n) is 5.36. The second-order valence-electron chi connectivity index (χ2n) is 7.72. The van der Waals surface area contributed by atoms with Gasteiger partial charge in [0.05, 0.1) is 0 Å². The van der Waals surface area contributed by atoms with Crippen LogP contribution in [-0.2, 0) is 9.59 Å². The number of carboxylic acid groups (broad SMARTS) is 1. The molecule has 188 valence electrons. The van der Waals surface area contributed by atoms with Crippen molar-refractivity contribution in [2.45, 2.75) is 45.7 Å². The van der Waals surface area contributed by atoms with Crippen LogP contribution in [0.3, 0.4) is 0 Å². The van der Waals surface area contributed by atoms with Gasteiger partial charge in [-0.05, 0) is 63.2 Å². The standard InChI is InChI=1S/C20H29N5O2.C2HF3O2/c1-3-25(4-2)14-6-13-21-20-24-23-19(27-20)16-9-11-17(12-10-16)22-18(26)15-7-5-8-15;3-2(4,5)1(6)7/h9-12,15H,3-8,13-14H2,1-2H3,(H,21,24)(H,22,26);(H,6,7). The summed E-state index contributed by atoms with van der Waals surface area (Å²) in [7, 11) is 0. The van der Waals surface area contributed by atoms with Crippen molar-refractivity contribution in [1.29, 1.82) is 0 Å². The number of carbonyl (C=O) groups excluding carboxylic acids is 1. The van der Waals surface area contributed by atoms with E-state index in [1.54, 1.807) is 0 Å². The molecule has 34 heavy (non-hydrogen) atoms. The Kier molecular flexibility index (Phi) is 10.3. The first kappa shape index (κ1) is 27.1. The Morgan fingerprint density at radius 3 is 2.26 bits per heavy atom. The minimum atomic E-state index is -5.08. The van der Waals surface area contributed by atoms with Crippen LogP contribution in [0.15, 0.2) is 28.7 Å². The van der Waals surface area contributed by atoms with E-state index in [2.05, 4.69) is 39.6 Å². The number of anilines is 2. The zero-order valence-electron chi connectivity index (χ0n) is 19.2. The van der Waals surface area contributed by atoms with E-state index in [0.29, 0.717) is 11.9 Å². The molecule has 1 aromatic heterocycles. The number of carboxylic acids is 1. The fourth-order valence-corrected chi connectivity index (χ4v) is 3.06. The van der Waals surface area contributed by atoms with E-state index < -0.39 is 12.1 Å². The number of amides is 1. The lowest BCUT2D eigenvalue weighted by atomic mass is 9.85. The lowest BCUT2D eigenvalue weighted by Gasteiger charge is -2.24. The summed E-state index contributed by atoms with van der Waals surface area (Å²) in [5.74, 6) is -2.00. The van der Waals surface area contributed by atoms with Gasteiger partial charge < -0.3 is 25.1 Å². The smallest absolute Gasteiger partial charge is 0.475 e. The molecule has 1 fully saturated rings. The topological polar surface area (TPSA) is 121 Å². The summed E-state index contributed by atoms with van der Waals surface area (Å²) in [6.45, 7) is 8.33. The second-order valence-corrected chi connectivity index (χ2v) is 7.72. The first-order valence-corrected chi connectivity index (χ1v) is 11.1. The van der Waals surface area contributed by atoms with E-state index in [1.165, 1.54) is 0 Å². The zero-order valence-corrected chi connectivity index (χ0v) is 19.2. The molecule has 1 aromatic carbocycles. The van der Waals surface area contributed by atoms with Crippen LogP contribution in [-0.4, -0.2) is 64.4 Å². The second kappa shape index (κ2) is 12.9. The Labute approximate surface area is 195 Å². The van der Waals surface area contributed by atoms with Crippen molar-refractivity contribution in [3.05, 3.63) is 24.3 Å².